The van der Waals surface area contributed by atoms with Gasteiger partial charge in [-0.15, -0.1) is 11.6 Å². The Kier molecular flexibility index (Phi) is 5.95. The van der Waals surface area contributed by atoms with Crippen molar-refractivity contribution in [2.75, 3.05) is 46.2 Å². The summed E-state index contributed by atoms with van der Waals surface area (Å²) in [5, 5.41) is 0. The molecule has 1 saturated heterocycles. The van der Waals surface area contributed by atoms with Gasteiger partial charge in [-0.05, 0) is 51.9 Å². The van der Waals surface area contributed by atoms with E-state index in [2.05, 4.69) is 30.8 Å². The monoisotopic (exact) mass is 232 g/mol. The Bertz CT molecular complexity index is 165. The van der Waals surface area contributed by atoms with Crippen LogP contribution in [0.4, 0.5) is 0 Å². The van der Waals surface area contributed by atoms with E-state index in [-0.39, 0.29) is 0 Å². The second-order valence-electron chi connectivity index (χ2n) is 5.27. The van der Waals surface area contributed by atoms with Gasteiger partial charge in [-0.2, -0.15) is 0 Å². The summed E-state index contributed by atoms with van der Waals surface area (Å²) in [6, 6.07) is 0. The predicted octanol–water partition coefficient (Wildman–Crippen LogP) is 2.13. The van der Waals surface area contributed by atoms with Gasteiger partial charge in [-0.1, -0.05) is 6.92 Å². The maximum absolute atomic E-state index is 5.84. The van der Waals surface area contributed by atoms with E-state index >= 15 is 0 Å². The van der Waals surface area contributed by atoms with Gasteiger partial charge in [-0.25, -0.2) is 0 Å². The van der Waals surface area contributed by atoms with Crippen LogP contribution in [0.5, 0.6) is 0 Å². The SMILES string of the molecule is CC(CCl)CN1CCC(CN(C)C)CC1. The number of piperidine rings is 1. The first-order valence-corrected chi connectivity index (χ1v) is 6.58. The van der Waals surface area contributed by atoms with Crippen LogP contribution in [-0.2, 0) is 0 Å². The molecule has 1 atom stereocenters. The Hall–Kier alpha value is 0.210. The molecule has 90 valence electrons. The van der Waals surface area contributed by atoms with E-state index in [0.717, 1.165) is 11.8 Å². The third kappa shape index (κ3) is 5.19. The molecule has 0 radical (unpaired) electrons. The Labute approximate surface area is 99.6 Å². The zero-order valence-corrected chi connectivity index (χ0v) is 11.1. The van der Waals surface area contributed by atoms with Gasteiger partial charge in [0.2, 0.25) is 0 Å². The Balaban J connectivity index is 2.18. The number of halogens is 1. The van der Waals surface area contributed by atoms with E-state index in [1.165, 1.54) is 39.0 Å². The molecule has 1 aliphatic rings. The van der Waals surface area contributed by atoms with E-state index in [4.69, 9.17) is 11.6 Å². The lowest BCUT2D eigenvalue weighted by molar-refractivity contribution is 0.150. The molecular formula is C12H25ClN2. The molecule has 0 saturated carbocycles. The molecule has 1 heterocycles. The zero-order chi connectivity index (χ0) is 11.3. The highest BCUT2D eigenvalue weighted by Gasteiger charge is 2.20. The highest BCUT2D eigenvalue weighted by atomic mass is 35.5. The lowest BCUT2D eigenvalue weighted by atomic mass is 9.96. The number of alkyl halides is 1. The molecule has 1 unspecified atom stereocenters. The first-order chi connectivity index (χ1) is 7.11. The highest BCUT2D eigenvalue weighted by molar-refractivity contribution is 6.18. The number of likely N-dealkylation sites (tertiary alicyclic amines) is 1. The number of rotatable bonds is 5. The van der Waals surface area contributed by atoms with Crippen molar-refractivity contribution in [2.45, 2.75) is 19.8 Å². The average molecular weight is 233 g/mol. The van der Waals surface area contributed by atoms with E-state index in [1.807, 2.05) is 0 Å². The lowest BCUT2D eigenvalue weighted by Gasteiger charge is -2.34. The van der Waals surface area contributed by atoms with Gasteiger partial charge in [-0.3, -0.25) is 0 Å². The molecule has 0 amide bonds. The quantitative estimate of drug-likeness (QED) is 0.671. The first-order valence-electron chi connectivity index (χ1n) is 6.05. The van der Waals surface area contributed by atoms with Crippen LogP contribution in [0.15, 0.2) is 0 Å². The van der Waals surface area contributed by atoms with Crippen LogP contribution >= 0.6 is 11.6 Å². The Morgan fingerprint density at radius 2 is 1.93 bits per heavy atom. The second kappa shape index (κ2) is 6.72. The van der Waals surface area contributed by atoms with Gasteiger partial charge < -0.3 is 9.80 Å². The summed E-state index contributed by atoms with van der Waals surface area (Å²) in [6.45, 7) is 7.19. The Morgan fingerprint density at radius 1 is 1.33 bits per heavy atom. The van der Waals surface area contributed by atoms with Crippen LogP contribution in [-0.4, -0.2) is 56.0 Å². The number of nitrogens with zero attached hydrogens (tertiary/aromatic N) is 2. The standard InChI is InChI=1S/C12H25ClN2/c1-11(8-13)9-15-6-4-12(5-7-15)10-14(2)3/h11-12H,4-10H2,1-3H3. The molecule has 1 rings (SSSR count). The maximum atomic E-state index is 5.84. The molecule has 0 aromatic carbocycles. The van der Waals surface area contributed by atoms with Crippen LogP contribution in [0.3, 0.4) is 0 Å². The van der Waals surface area contributed by atoms with Crippen LogP contribution < -0.4 is 0 Å². The van der Waals surface area contributed by atoms with Crippen LogP contribution in [0, 0.1) is 11.8 Å². The van der Waals surface area contributed by atoms with Crippen molar-refractivity contribution in [1.82, 2.24) is 9.80 Å². The minimum atomic E-state index is 0.636. The minimum absolute atomic E-state index is 0.636. The summed E-state index contributed by atoms with van der Waals surface area (Å²) < 4.78 is 0. The molecule has 1 aliphatic heterocycles. The van der Waals surface area contributed by atoms with Gasteiger partial charge in [0.1, 0.15) is 0 Å². The molecule has 0 aromatic rings. The minimum Gasteiger partial charge on any atom is -0.309 e. The van der Waals surface area contributed by atoms with Gasteiger partial charge in [0, 0.05) is 19.0 Å². The van der Waals surface area contributed by atoms with Gasteiger partial charge in [0.25, 0.3) is 0 Å². The molecule has 0 aromatic heterocycles. The summed E-state index contributed by atoms with van der Waals surface area (Å²) in [5.74, 6) is 2.33. The predicted molar refractivity (Wildman–Crippen MR) is 67.6 cm³/mol. The van der Waals surface area contributed by atoms with Gasteiger partial charge >= 0.3 is 0 Å². The maximum Gasteiger partial charge on any atom is 0.0261 e. The molecule has 0 spiro atoms. The first kappa shape index (κ1) is 13.3. The summed E-state index contributed by atoms with van der Waals surface area (Å²) in [5.41, 5.74) is 0. The summed E-state index contributed by atoms with van der Waals surface area (Å²) in [4.78, 5) is 4.88. The molecule has 1 fully saturated rings. The number of hydrogen-bond donors (Lipinski definition) is 0. The molecule has 3 heteroatoms. The normalized spacial score (nSPS) is 22.2. The third-order valence-corrected chi connectivity index (χ3v) is 3.69. The molecule has 0 N–H and O–H groups in total. The summed E-state index contributed by atoms with van der Waals surface area (Å²) in [6.07, 6.45) is 2.71. The van der Waals surface area contributed by atoms with Crippen LogP contribution in [0.1, 0.15) is 19.8 Å². The molecule has 2 nitrogen and oxygen atoms in total. The molecular weight excluding hydrogens is 208 g/mol. The fourth-order valence-corrected chi connectivity index (χ4v) is 2.46. The van der Waals surface area contributed by atoms with E-state index in [1.54, 1.807) is 0 Å². The lowest BCUT2D eigenvalue weighted by Crippen LogP contribution is -2.39. The fraction of sp³-hybridized carbons (Fsp3) is 1.00. The highest BCUT2D eigenvalue weighted by Crippen LogP contribution is 2.18. The zero-order valence-electron chi connectivity index (χ0n) is 10.4. The smallest absolute Gasteiger partial charge is 0.0261 e. The topological polar surface area (TPSA) is 6.48 Å². The van der Waals surface area contributed by atoms with Crippen molar-refractivity contribution in [3.05, 3.63) is 0 Å². The van der Waals surface area contributed by atoms with E-state index in [0.29, 0.717) is 5.92 Å². The van der Waals surface area contributed by atoms with Crippen molar-refractivity contribution in [3.8, 4) is 0 Å². The molecule has 0 bridgehead atoms. The second-order valence-corrected chi connectivity index (χ2v) is 5.57. The molecule has 15 heavy (non-hydrogen) atoms. The summed E-state index contributed by atoms with van der Waals surface area (Å²) >= 11 is 5.84. The third-order valence-electron chi connectivity index (χ3n) is 3.16. The van der Waals surface area contributed by atoms with Crippen molar-refractivity contribution in [3.63, 3.8) is 0 Å². The van der Waals surface area contributed by atoms with Crippen LogP contribution in [0.2, 0.25) is 0 Å². The van der Waals surface area contributed by atoms with E-state index in [9.17, 15) is 0 Å². The largest absolute Gasteiger partial charge is 0.309 e. The van der Waals surface area contributed by atoms with Gasteiger partial charge in [0.05, 0.1) is 0 Å². The van der Waals surface area contributed by atoms with Crippen molar-refractivity contribution < 1.29 is 0 Å². The average Bonchev–Trinajstić information content (AvgIpc) is 2.20. The van der Waals surface area contributed by atoms with Crippen LogP contribution in [0.25, 0.3) is 0 Å². The number of hydrogen-bond acceptors (Lipinski definition) is 2. The van der Waals surface area contributed by atoms with E-state index < -0.39 is 0 Å². The van der Waals surface area contributed by atoms with Crippen molar-refractivity contribution in [2.24, 2.45) is 11.8 Å². The van der Waals surface area contributed by atoms with Crippen molar-refractivity contribution >= 4 is 11.6 Å². The fourth-order valence-electron chi connectivity index (χ4n) is 2.36. The summed E-state index contributed by atoms with van der Waals surface area (Å²) in [7, 11) is 4.34. The van der Waals surface area contributed by atoms with Gasteiger partial charge in [0.15, 0.2) is 0 Å². The Morgan fingerprint density at radius 3 is 2.40 bits per heavy atom. The molecule has 0 aliphatic carbocycles. The van der Waals surface area contributed by atoms with Crippen molar-refractivity contribution in [1.29, 1.82) is 0 Å².